The number of thioether (sulfide) groups is 1. The Hall–Kier alpha value is -1.17. The van der Waals surface area contributed by atoms with Crippen LogP contribution in [0, 0.1) is 0 Å². The number of nitrogens with zero attached hydrogens (tertiary/aromatic N) is 1. The number of aromatic hydroxyl groups is 1. The minimum Gasteiger partial charge on any atom is -0.494 e. The lowest BCUT2D eigenvalue weighted by Gasteiger charge is -2.06. The van der Waals surface area contributed by atoms with E-state index in [9.17, 15) is 14.7 Å². The van der Waals surface area contributed by atoms with Crippen LogP contribution in [0.15, 0.2) is 15.7 Å². The Morgan fingerprint density at radius 1 is 1.38 bits per heavy atom. The van der Waals surface area contributed by atoms with E-state index >= 15 is 0 Å². The van der Waals surface area contributed by atoms with Gasteiger partial charge in [-0.3, -0.25) is 14.3 Å². The summed E-state index contributed by atoms with van der Waals surface area (Å²) in [5.41, 5.74) is -1.11. The Kier molecular flexibility index (Phi) is 5.18. The molecule has 0 spiro atoms. The molecule has 0 amide bonds. The van der Waals surface area contributed by atoms with E-state index in [0.29, 0.717) is 6.54 Å². The Labute approximate surface area is 97.5 Å². The molecular weight excluding hydrogens is 228 g/mol. The second-order valence-corrected chi connectivity index (χ2v) is 4.49. The molecule has 0 bridgehead atoms. The van der Waals surface area contributed by atoms with E-state index < -0.39 is 11.2 Å². The smallest absolute Gasteiger partial charge is 0.331 e. The third-order valence-corrected chi connectivity index (χ3v) is 2.94. The van der Waals surface area contributed by atoms with Gasteiger partial charge in [0.1, 0.15) is 0 Å². The molecule has 0 saturated carbocycles. The zero-order valence-electron chi connectivity index (χ0n) is 9.23. The molecule has 0 fully saturated rings. The average Bonchev–Trinajstić information content (AvgIpc) is 2.20. The molecule has 90 valence electrons. The number of unbranched alkanes of at least 4 members (excludes halogenated alkanes) is 2. The highest BCUT2D eigenvalue weighted by Gasteiger charge is 2.03. The summed E-state index contributed by atoms with van der Waals surface area (Å²) in [5, 5.41) is 9.41. The van der Waals surface area contributed by atoms with Gasteiger partial charge in [-0.15, -0.1) is 0 Å². The molecule has 5 nitrogen and oxygen atoms in total. The van der Waals surface area contributed by atoms with Crippen LogP contribution < -0.4 is 11.2 Å². The van der Waals surface area contributed by atoms with E-state index in [1.54, 1.807) is 11.8 Å². The van der Waals surface area contributed by atoms with Gasteiger partial charge in [-0.05, 0) is 24.9 Å². The summed E-state index contributed by atoms with van der Waals surface area (Å²) in [6.07, 6.45) is 4.98. The SMILES string of the molecule is CSCCCCCn1c(O)cc(=O)[nH]c1=O. The third kappa shape index (κ3) is 3.77. The molecule has 0 aliphatic carbocycles. The Bertz CT molecular complexity index is 438. The molecule has 2 N–H and O–H groups in total. The first-order chi connectivity index (χ1) is 7.65. The highest BCUT2D eigenvalue weighted by molar-refractivity contribution is 7.98. The van der Waals surface area contributed by atoms with E-state index in [1.165, 1.54) is 4.57 Å². The van der Waals surface area contributed by atoms with Crippen molar-refractivity contribution in [3.63, 3.8) is 0 Å². The molecule has 1 heterocycles. The molecule has 0 aliphatic rings. The summed E-state index contributed by atoms with van der Waals surface area (Å²) in [5.74, 6) is 0.839. The Balaban J connectivity index is 2.54. The van der Waals surface area contributed by atoms with Gasteiger partial charge in [-0.25, -0.2) is 4.79 Å². The summed E-state index contributed by atoms with van der Waals surface area (Å²) < 4.78 is 1.18. The quantitative estimate of drug-likeness (QED) is 0.725. The second kappa shape index (κ2) is 6.42. The average molecular weight is 244 g/mol. The van der Waals surface area contributed by atoms with E-state index in [4.69, 9.17) is 0 Å². The van der Waals surface area contributed by atoms with Crippen LogP contribution in [0.25, 0.3) is 0 Å². The van der Waals surface area contributed by atoms with E-state index in [2.05, 4.69) is 11.2 Å². The van der Waals surface area contributed by atoms with Gasteiger partial charge < -0.3 is 5.11 Å². The standard InChI is InChI=1S/C10H16N2O3S/c1-16-6-4-2-3-5-12-9(14)7-8(13)11-10(12)15/h7,14H,2-6H2,1H3,(H,11,13,15). The van der Waals surface area contributed by atoms with Crippen LogP contribution in [0.3, 0.4) is 0 Å². The number of rotatable bonds is 6. The molecule has 1 aromatic heterocycles. The summed E-state index contributed by atoms with van der Waals surface area (Å²) in [6.45, 7) is 0.440. The minimum atomic E-state index is -0.568. The van der Waals surface area contributed by atoms with E-state index in [-0.39, 0.29) is 5.88 Å². The predicted octanol–water partition coefficient (Wildman–Crippen LogP) is 0.775. The molecule has 1 rings (SSSR count). The molecular formula is C10H16N2O3S. The van der Waals surface area contributed by atoms with Gasteiger partial charge in [0, 0.05) is 6.54 Å². The van der Waals surface area contributed by atoms with Crippen LogP contribution >= 0.6 is 11.8 Å². The zero-order valence-corrected chi connectivity index (χ0v) is 10.0. The lowest BCUT2D eigenvalue weighted by atomic mass is 10.2. The zero-order chi connectivity index (χ0) is 12.0. The maximum absolute atomic E-state index is 11.3. The lowest BCUT2D eigenvalue weighted by molar-refractivity contribution is 0.394. The van der Waals surface area contributed by atoms with Crippen LogP contribution in [0.4, 0.5) is 0 Å². The maximum Gasteiger partial charge on any atom is 0.331 e. The van der Waals surface area contributed by atoms with Crippen LogP contribution in [-0.2, 0) is 6.54 Å². The van der Waals surface area contributed by atoms with Crippen molar-refractivity contribution in [3.05, 3.63) is 26.9 Å². The molecule has 0 aromatic carbocycles. The van der Waals surface area contributed by atoms with Crippen molar-refractivity contribution >= 4 is 11.8 Å². The van der Waals surface area contributed by atoms with Gasteiger partial charge in [-0.2, -0.15) is 11.8 Å². The molecule has 0 radical (unpaired) electrons. The summed E-state index contributed by atoms with van der Waals surface area (Å²) in [7, 11) is 0. The van der Waals surface area contributed by atoms with Crippen molar-refractivity contribution in [1.29, 1.82) is 0 Å². The van der Waals surface area contributed by atoms with Crippen LogP contribution in [-0.4, -0.2) is 26.7 Å². The van der Waals surface area contributed by atoms with Gasteiger partial charge in [0.15, 0.2) is 0 Å². The predicted molar refractivity (Wildman–Crippen MR) is 65.2 cm³/mol. The molecule has 6 heteroatoms. The highest BCUT2D eigenvalue weighted by Crippen LogP contribution is 2.06. The number of aromatic nitrogens is 2. The molecule has 0 saturated heterocycles. The number of nitrogens with one attached hydrogen (secondary N) is 1. The Morgan fingerprint density at radius 3 is 2.75 bits per heavy atom. The molecule has 16 heavy (non-hydrogen) atoms. The molecule has 1 aromatic rings. The van der Waals surface area contributed by atoms with Crippen molar-refractivity contribution in [2.24, 2.45) is 0 Å². The van der Waals surface area contributed by atoms with Gasteiger partial charge in [0.05, 0.1) is 6.07 Å². The van der Waals surface area contributed by atoms with Crippen molar-refractivity contribution in [2.75, 3.05) is 12.0 Å². The summed E-state index contributed by atoms with van der Waals surface area (Å²) in [6, 6.07) is 1.02. The Morgan fingerprint density at radius 2 is 2.12 bits per heavy atom. The van der Waals surface area contributed by atoms with Gasteiger partial charge in [0.25, 0.3) is 5.56 Å². The van der Waals surface area contributed by atoms with Crippen molar-refractivity contribution in [1.82, 2.24) is 9.55 Å². The van der Waals surface area contributed by atoms with Crippen molar-refractivity contribution in [3.8, 4) is 5.88 Å². The summed E-state index contributed by atoms with van der Waals surface area (Å²) >= 11 is 1.79. The molecule has 0 atom stereocenters. The minimum absolute atomic E-state index is 0.265. The summed E-state index contributed by atoms with van der Waals surface area (Å²) in [4.78, 5) is 24.3. The van der Waals surface area contributed by atoms with Gasteiger partial charge in [-0.1, -0.05) is 6.42 Å². The fourth-order valence-corrected chi connectivity index (χ4v) is 1.91. The fourth-order valence-electron chi connectivity index (χ4n) is 1.42. The largest absolute Gasteiger partial charge is 0.494 e. The van der Waals surface area contributed by atoms with Gasteiger partial charge >= 0.3 is 5.69 Å². The maximum atomic E-state index is 11.3. The number of hydrogen-bond acceptors (Lipinski definition) is 4. The number of aromatic amines is 1. The van der Waals surface area contributed by atoms with Gasteiger partial charge in [0.2, 0.25) is 5.88 Å². The monoisotopic (exact) mass is 244 g/mol. The first kappa shape index (κ1) is 12.9. The highest BCUT2D eigenvalue weighted by atomic mass is 32.2. The molecule has 0 unspecified atom stereocenters. The molecule has 0 aliphatic heterocycles. The fraction of sp³-hybridized carbons (Fsp3) is 0.600. The van der Waals surface area contributed by atoms with E-state index in [0.717, 1.165) is 31.1 Å². The van der Waals surface area contributed by atoms with Crippen molar-refractivity contribution in [2.45, 2.75) is 25.8 Å². The topological polar surface area (TPSA) is 75.1 Å². The van der Waals surface area contributed by atoms with E-state index in [1.807, 2.05) is 0 Å². The second-order valence-electron chi connectivity index (χ2n) is 3.50. The number of hydrogen-bond donors (Lipinski definition) is 2. The van der Waals surface area contributed by atoms with Crippen LogP contribution in [0.5, 0.6) is 5.88 Å². The first-order valence-electron chi connectivity index (χ1n) is 5.17. The van der Waals surface area contributed by atoms with Crippen LogP contribution in [0.2, 0.25) is 0 Å². The normalized spacial score (nSPS) is 10.6. The van der Waals surface area contributed by atoms with Crippen LogP contribution in [0.1, 0.15) is 19.3 Å². The number of H-pyrrole nitrogens is 1. The lowest BCUT2D eigenvalue weighted by Crippen LogP contribution is -2.29. The third-order valence-electron chi connectivity index (χ3n) is 2.24. The van der Waals surface area contributed by atoms with Crippen molar-refractivity contribution < 1.29 is 5.11 Å². The first-order valence-corrected chi connectivity index (χ1v) is 6.56.